The molecule has 1 aliphatic rings. The van der Waals surface area contributed by atoms with E-state index >= 15 is 0 Å². The molecule has 1 aliphatic heterocycles. The second kappa shape index (κ2) is 9.45. The summed E-state index contributed by atoms with van der Waals surface area (Å²) in [7, 11) is 0. The Morgan fingerprint density at radius 2 is 2.00 bits per heavy atom. The van der Waals surface area contributed by atoms with Crippen molar-refractivity contribution >= 4 is 45.5 Å². The van der Waals surface area contributed by atoms with E-state index < -0.39 is 17.8 Å². The highest BCUT2D eigenvalue weighted by molar-refractivity contribution is 9.10. The number of nitrogens with zero attached hydrogens (tertiary/aromatic N) is 1. The Bertz CT molecular complexity index is 1160. The topological polar surface area (TPSA) is 75.7 Å². The highest BCUT2D eigenvalue weighted by Gasteiger charge is 2.36. The van der Waals surface area contributed by atoms with E-state index in [4.69, 9.17) is 11.2 Å². The zero-order chi connectivity index (χ0) is 22.5. The minimum absolute atomic E-state index is 0.120. The molecule has 2 aromatic carbocycles. The molecular weight excluding hydrogens is 460 g/mol. The summed E-state index contributed by atoms with van der Waals surface area (Å²) in [5.74, 6) is 1.56. The minimum atomic E-state index is -0.792. The lowest BCUT2D eigenvalue weighted by atomic mass is 10.0. The van der Waals surface area contributed by atoms with Crippen LogP contribution in [0.25, 0.3) is 6.08 Å². The Hall–Kier alpha value is -3.63. The molecule has 1 N–H and O–H groups in total. The van der Waals surface area contributed by atoms with Gasteiger partial charge in [-0.15, -0.1) is 13.0 Å². The summed E-state index contributed by atoms with van der Waals surface area (Å²) in [6.45, 7) is 5.70. The second-order valence-electron chi connectivity index (χ2n) is 6.74. The van der Waals surface area contributed by atoms with Crippen molar-refractivity contribution in [2.45, 2.75) is 13.3 Å². The number of halogens is 1. The van der Waals surface area contributed by atoms with Crippen LogP contribution in [0.15, 0.2) is 59.1 Å². The summed E-state index contributed by atoms with van der Waals surface area (Å²) in [5.41, 5.74) is 2.47. The largest absolute Gasteiger partial charge is 0.481 e. The Balaban J connectivity index is 1.99. The van der Waals surface area contributed by atoms with Crippen LogP contribution in [0.4, 0.5) is 10.5 Å². The molecule has 4 amide bonds. The summed E-state index contributed by atoms with van der Waals surface area (Å²) in [6, 6.07) is 9.47. The fourth-order valence-electron chi connectivity index (χ4n) is 3.09. The first kappa shape index (κ1) is 22.1. The van der Waals surface area contributed by atoms with Gasteiger partial charge in [-0.1, -0.05) is 34.0 Å². The molecule has 2 aromatic rings. The molecule has 0 aromatic heterocycles. The highest BCUT2D eigenvalue weighted by Crippen LogP contribution is 2.27. The van der Waals surface area contributed by atoms with E-state index in [0.717, 1.165) is 20.5 Å². The maximum absolute atomic E-state index is 13.1. The SMILES string of the molecule is C#CCOc1ccc(/C=C2\C(=O)NC(=O)N(c3ccc(Br)c(C)c3)C2=O)cc1CC=C. The molecule has 1 saturated heterocycles. The molecular formula is C24H19BrN2O4. The van der Waals surface area contributed by atoms with Crippen LogP contribution in [0.3, 0.4) is 0 Å². The first-order valence-electron chi connectivity index (χ1n) is 9.33. The van der Waals surface area contributed by atoms with Gasteiger partial charge in [0.1, 0.15) is 17.9 Å². The Morgan fingerprint density at radius 1 is 1.23 bits per heavy atom. The minimum Gasteiger partial charge on any atom is -0.481 e. The lowest BCUT2D eigenvalue weighted by Gasteiger charge is -2.26. The van der Waals surface area contributed by atoms with E-state index in [1.165, 1.54) is 6.08 Å². The summed E-state index contributed by atoms with van der Waals surface area (Å²) in [4.78, 5) is 38.8. The zero-order valence-corrected chi connectivity index (χ0v) is 18.4. The normalized spacial score (nSPS) is 14.9. The lowest BCUT2D eigenvalue weighted by molar-refractivity contribution is -0.122. The van der Waals surface area contributed by atoms with Gasteiger partial charge in [0.05, 0.1) is 5.69 Å². The van der Waals surface area contributed by atoms with Crippen LogP contribution >= 0.6 is 15.9 Å². The number of benzene rings is 2. The lowest BCUT2D eigenvalue weighted by Crippen LogP contribution is -2.54. The number of nitrogens with one attached hydrogen (secondary N) is 1. The van der Waals surface area contributed by atoms with Gasteiger partial charge in [-0.3, -0.25) is 14.9 Å². The third-order valence-corrected chi connectivity index (χ3v) is 5.46. The van der Waals surface area contributed by atoms with Crippen molar-refractivity contribution in [1.29, 1.82) is 0 Å². The smallest absolute Gasteiger partial charge is 0.335 e. The first-order valence-corrected chi connectivity index (χ1v) is 10.1. The van der Waals surface area contributed by atoms with Gasteiger partial charge >= 0.3 is 6.03 Å². The summed E-state index contributed by atoms with van der Waals surface area (Å²) in [6.07, 6.45) is 8.92. The van der Waals surface area contributed by atoms with E-state index in [0.29, 0.717) is 23.4 Å². The number of hydrogen-bond donors (Lipinski definition) is 1. The number of ether oxygens (including phenoxy) is 1. The Kier molecular flexibility index (Phi) is 6.73. The molecule has 0 saturated carbocycles. The van der Waals surface area contributed by atoms with Crippen LogP contribution in [0.5, 0.6) is 5.75 Å². The van der Waals surface area contributed by atoms with Crippen LogP contribution in [-0.4, -0.2) is 24.5 Å². The molecule has 3 rings (SSSR count). The van der Waals surface area contributed by atoms with Crippen molar-refractivity contribution in [2.75, 3.05) is 11.5 Å². The fraction of sp³-hybridized carbons (Fsp3) is 0.125. The average Bonchev–Trinajstić information content (AvgIpc) is 2.73. The third-order valence-electron chi connectivity index (χ3n) is 4.57. The molecule has 0 aliphatic carbocycles. The molecule has 0 spiro atoms. The van der Waals surface area contributed by atoms with Crippen LogP contribution in [0.2, 0.25) is 0 Å². The van der Waals surface area contributed by atoms with Gasteiger partial charge in [0.2, 0.25) is 0 Å². The summed E-state index contributed by atoms with van der Waals surface area (Å²) in [5, 5.41) is 2.23. The van der Waals surface area contributed by atoms with Gasteiger partial charge in [0, 0.05) is 4.47 Å². The third kappa shape index (κ3) is 4.76. The number of aryl methyl sites for hydroxylation is 1. The Labute approximate surface area is 188 Å². The van der Waals surface area contributed by atoms with E-state index in [1.807, 2.05) is 6.92 Å². The summed E-state index contributed by atoms with van der Waals surface area (Å²) >= 11 is 3.39. The molecule has 0 unspecified atom stereocenters. The molecule has 156 valence electrons. The molecule has 6 nitrogen and oxygen atoms in total. The van der Waals surface area contributed by atoms with Crippen molar-refractivity contribution in [1.82, 2.24) is 5.32 Å². The molecule has 0 atom stereocenters. The van der Waals surface area contributed by atoms with Crippen molar-refractivity contribution in [3.8, 4) is 18.1 Å². The number of barbiturate groups is 1. The molecule has 0 radical (unpaired) electrons. The molecule has 1 fully saturated rings. The number of urea groups is 1. The number of imide groups is 2. The number of carbonyl (C=O) groups excluding carboxylic acids is 3. The second-order valence-corrected chi connectivity index (χ2v) is 7.60. The standard InChI is InChI=1S/C24H19BrN2O4/c1-4-6-17-13-16(7-10-21(17)31-11-5-2)14-19-22(28)26-24(30)27(23(19)29)18-8-9-20(25)15(3)12-18/h2,4,7-10,12-14H,1,6,11H2,3H3,(H,26,28,30)/b19-14+. The number of amides is 4. The monoisotopic (exact) mass is 478 g/mol. The van der Waals surface area contributed by atoms with Crippen LogP contribution in [0.1, 0.15) is 16.7 Å². The van der Waals surface area contributed by atoms with E-state index in [-0.39, 0.29) is 12.2 Å². The molecule has 0 bridgehead atoms. The van der Waals surface area contributed by atoms with Crippen molar-refractivity contribution in [2.24, 2.45) is 0 Å². The summed E-state index contributed by atoms with van der Waals surface area (Å²) < 4.78 is 6.37. The van der Waals surface area contributed by atoms with E-state index in [2.05, 4.69) is 33.7 Å². The number of hydrogen-bond acceptors (Lipinski definition) is 4. The van der Waals surface area contributed by atoms with Crippen LogP contribution < -0.4 is 15.0 Å². The molecule has 7 heteroatoms. The van der Waals surface area contributed by atoms with Crippen LogP contribution in [-0.2, 0) is 16.0 Å². The predicted octanol–water partition coefficient (Wildman–Crippen LogP) is 4.16. The molecule has 31 heavy (non-hydrogen) atoms. The molecule has 1 heterocycles. The van der Waals surface area contributed by atoms with Crippen molar-refractivity contribution in [3.63, 3.8) is 0 Å². The maximum Gasteiger partial charge on any atom is 0.335 e. The maximum atomic E-state index is 13.1. The van der Waals surface area contributed by atoms with E-state index in [9.17, 15) is 14.4 Å². The number of anilines is 1. The number of carbonyl (C=O) groups is 3. The number of allylic oxidation sites excluding steroid dienone is 1. The van der Waals surface area contributed by atoms with Gasteiger partial charge in [-0.2, -0.15) is 0 Å². The van der Waals surface area contributed by atoms with Crippen molar-refractivity contribution in [3.05, 3.63) is 75.8 Å². The van der Waals surface area contributed by atoms with Crippen LogP contribution in [0, 0.1) is 19.3 Å². The van der Waals surface area contributed by atoms with Gasteiger partial charge in [0.25, 0.3) is 11.8 Å². The predicted molar refractivity (Wildman–Crippen MR) is 123 cm³/mol. The quantitative estimate of drug-likeness (QED) is 0.292. The van der Waals surface area contributed by atoms with Gasteiger partial charge < -0.3 is 4.74 Å². The zero-order valence-electron chi connectivity index (χ0n) is 16.8. The van der Waals surface area contributed by atoms with E-state index in [1.54, 1.807) is 42.5 Å². The van der Waals surface area contributed by atoms with Crippen molar-refractivity contribution < 1.29 is 19.1 Å². The highest BCUT2D eigenvalue weighted by atomic mass is 79.9. The average molecular weight is 479 g/mol. The van der Waals surface area contributed by atoms with Gasteiger partial charge in [0.15, 0.2) is 0 Å². The number of terminal acetylenes is 1. The Morgan fingerprint density at radius 3 is 2.68 bits per heavy atom. The van der Waals surface area contributed by atoms with Gasteiger partial charge in [-0.25, -0.2) is 9.69 Å². The fourth-order valence-corrected chi connectivity index (χ4v) is 3.34. The number of rotatable bonds is 6. The van der Waals surface area contributed by atoms with Gasteiger partial charge in [-0.05, 0) is 66.4 Å². The first-order chi connectivity index (χ1) is 14.8.